The Morgan fingerprint density at radius 3 is 2.81 bits per heavy atom. The van der Waals surface area contributed by atoms with Crippen LogP contribution in [0.4, 0.5) is 0 Å². The van der Waals surface area contributed by atoms with Crippen LogP contribution in [-0.4, -0.2) is 19.1 Å². The smallest absolute Gasteiger partial charge is 0.220 e. The van der Waals surface area contributed by atoms with Gasteiger partial charge < -0.3 is 15.8 Å². The molecule has 1 rings (SSSR count). The zero-order valence-corrected chi connectivity index (χ0v) is 13.3. The maximum Gasteiger partial charge on any atom is 0.220 e. The predicted molar refractivity (Wildman–Crippen MR) is 86.3 cm³/mol. The molecule has 0 atom stereocenters. The van der Waals surface area contributed by atoms with E-state index in [2.05, 4.69) is 12.2 Å². The van der Waals surface area contributed by atoms with Crippen LogP contribution >= 0.6 is 0 Å². The van der Waals surface area contributed by atoms with Gasteiger partial charge in [-0.1, -0.05) is 31.9 Å². The molecule has 4 nitrogen and oxygen atoms in total. The van der Waals surface area contributed by atoms with Gasteiger partial charge in [-0.3, -0.25) is 4.79 Å². The Bertz CT molecular complexity index is 433. The molecule has 0 heterocycles. The van der Waals surface area contributed by atoms with Gasteiger partial charge in [0, 0.05) is 18.5 Å². The molecule has 0 fully saturated rings. The fraction of sp³-hybridized carbons (Fsp3) is 0.588. The van der Waals surface area contributed by atoms with Gasteiger partial charge in [0.05, 0.1) is 6.61 Å². The molecule has 3 N–H and O–H groups in total. The summed E-state index contributed by atoms with van der Waals surface area (Å²) < 4.78 is 5.86. The summed E-state index contributed by atoms with van der Waals surface area (Å²) in [6.45, 7) is 6.00. The Labute approximate surface area is 128 Å². The number of rotatable bonds is 10. The zero-order valence-electron chi connectivity index (χ0n) is 13.3. The van der Waals surface area contributed by atoms with Crippen molar-refractivity contribution in [1.82, 2.24) is 5.32 Å². The molecule has 0 aliphatic heterocycles. The zero-order chi connectivity index (χ0) is 15.5. The summed E-state index contributed by atoms with van der Waals surface area (Å²) in [6, 6.07) is 6.10. The van der Waals surface area contributed by atoms with Gasteiger partial charge in [-0.15, -0.1) is 0 Å². The number of carbonyl (C=O) groups excluding carboxylic acids is 1. The Kier molecular flexibility index (Phi) is 8.51. The van der Waals surface area contributed by atoms with Crippen LogP contribution in [0, 0.1) is 6.92 Å². The van der Waals surface area contributed by atoms with E-state index in [9.17, 15) is 4.79 Å². The van der Waals surface area contributed by atoms with Crippen LogP contribution in [0.2, 0.25) is 0 Å². The standard InChI is InChI=1S/C17H28N2O2/c1-3-4-5-11-21-16-12-14(2)8-9-15(16)13-19-17(20)7-6-10-18/h8-9,12H,3-7,10-11,13,18H2,1-2H3,(H,19,20). The second kappa shape index (κ2) is 10.2. The van der Waals surface area contributed by atoms with E-state index >= 15 is 0 Å². The van der Waals surface area contributed by atoms with E-state index < -0.39 is 0 Å². The number of unbranched alkanes of at least 4 members (excludes halogenated alkanes) is 2. The molecular formula is C17H28N2O2. The molecule has 21 heavy (non-hydrogen) atoms. The lowest BCUT2D eigenvalue weighted by molar-refractivity contribution is -0.121. The summed E-state index contributed by atoms with van der Waals surface area (Å²) in [6.07, 6.45) is 4.63. The third-order valence-corrected chi connectivity index (χ3v) is 3.31. The molecule has 1 aromatic carbocycles. The number of nitrogens with one attached hydrogen (secondary N) is 1. The Hall–Kier alpha value is -1.55. The van der Waals surface area contributed by atoms with Gasteiger partial charge in [0.15, 0.2) is 0 Å². The molecule has 0 saturated heterocycles. The Morgan fingerprint density at radius 1 is 1.29 bits per heavy atom. The summed E-state index contributed by atoms with van der Waals surface area (Å²) in [7, 11) is 0. The van der Waals surface area contributed by atoms with Crippen molar-refractivity contribution >= 4 is 5.91 Å². The topological polar surface area (TPSA) is 64.3 Å². The van der Waals surface area contributed by atoms with E-state index in [0.717, 1.165) is 30.8 Å². The highest BCUT2D eigenvalue weighted by atomic mass is 16.5. The van der Waals surface area contributed by atoms with Crippen molar-refractivity contribution in [2.45, 2.75) is 52.5 Å². The molecule has 0 aromatic heterocycles. The number of carbonyl (C=O) groups is 1. The average molecular weight is 292 g/mol. The minimum atomic E-state index is 0.0398. The van der Waals surface area contributed by atoms with E-state index in [0.29, 0.717) is 19.5 Å². The Balaban J connectivity index is 2.53. The van der Waals surface area contributed by atoms with E-state index in [-0.39, 0.29) is 5.91 Å². The lowest BCUT2D eigenvalue weighted by atomic mass is 10.1. The van der Waals surface area contributed by atoms with Crippen LogP contribution < -0.4 is 15.8 Å². The summed E-state index contributed by atoms with van der Waals surface area (Å²) in [5.74, 6) is 0.920. The number of ether oxygens (including phenoxy) is 1. The first-order valence-electron chi connectivity index (χ1n) is 7.86. The summed E-state index contributed by atoms with van der Waals surface area (Å²) in [5.41, 5.74) is 7.60. The first kappa shape index (κ1) is 17.5. The molecule has 0 radical (unpaired) electrons. The number of benzene rings is 1. The maximum atomic E-state index is 11.6. The fourth-order valence-electron chi connectivity index (χ4n) is 2.02. The first-order valence-corrected chi connectivity index (χ1v) is 7.86. The number of hydrogen-bond donors (Lipinski definition) is 2. The Morgan fingerprint density at radius 2 is 2.10 bits per heavy atom. The average Bonchev–Trinajstić information content (AvgIpc) is 2.48. The number of nitrogens with two attached hydrogens (primary N) is 1. The van der Waals surface area contributed by atoms with Gasteiger partial charge in [0.1, 0.15) is 5.75 Å². The van der Waals surface area contributed by atoms with E-state index in [1.807, 2.05) is 25.1 Å². The molecule has 0 unspecified atom stereocenters. The van der Waals surface area contributed by atoms with Crippen molar-refractivity contribution in [2.24, 2.45) is 5.73 Å². The van der Waals surface area contributed by atoms with Crippen molar-refractivity contribution in [3.8, 4) is 5.75 Å². The predicted octanol–water partition coefficient (Wildman–Crippen LogP) is 2.92. The molecule has 0 saturated carbocycles. The quantitative estimate of drug-likeness (QED) is 0.652. The molecule has 4 heteroatoms. The van der Waals surface area contributed by atoms with Gasteiger partial charge in [-0.05, 0) is 37.9 Å². The van der Waals surface area contributed by atoms with E-state index in [1.54, 1.807) is 0 Å². The van der Waals surface area contributed by atoms with Crippen molar-refractivity contribution in [2.75, 3.05) is 13.2 Å². The minimum absolute atomic E-state index is 0.0398. The van der Waals surface area contributed by atoms with Crippen LogP contribution in [0.15, 0.2) is 18.2 Å². The van der Waals surface area contributed by atoms with Gasteiger partial charge in [-0.25, -0.2) is 0 Å². The van der Waals surface area contributed by atoms with Crippen molar-refractivity contribution in [3.05, 3.63) is 29.3 Å². The van der Waals surface area contributed by atoms with Gasteiger partial charge >= 0.3 is 0 Å². The van der Waals surface area contributed by atoms with Crippen LogP contribution in [0.1, 0.15) is 50.2 Å². The van der Waals surface area contributed by atoms with Gasteiger partial charge in [0.25, 0.3) is 0 Å². The van der Waals surface area contributed by atoms with Crippen LogP contribution in [0.3, 0.4) is 0 Å². The second-order valence-corrected chi connectivity index (χ2v) is 5.34. The molecule has 118 valence electrons. The van der Waals surface area contributed by atoms with Crippen molar-refractivity contribution < 1.29 is 9.53 Å². The molecule has 1 aromatic rings. The molecule has 0 aliphatic rings. The first-order chi connectivity index (χ1) is 10.2. The normalized spacial score (nSPS) is 10.4. The number of hydrogen-bond acceptors (Lipinski definition) is 3. The monoisotopic (exact) mass is 292 g/mol. The third kappa shape index (κ3) is 7.14. The number of aryl methyl sites for hydroxylation is 1. The SMILES string of the molecule is CCCCCOc1cc(C)ccc1CNC(=O)CCCN. The largest absolute Gasteiger partial charge is 0.493 e. The fourth-order valence-corrected chi connectivity index (χ4v) is 2.02. The van der Waals surface area contributed by atoms with Crippen LogP contribution in [0.5, 0.6) is 5.75 Å². The molecular weight excluding hydrogens is 264 g/mol. The van der Waals surface area contributed by atoms with Gasteiger partial charge in [-0.2, -0.15) is 0 Å². The minimum Gasteiger partial charge on any atom is -0.493 e. The summed E-state index contributed by atoms with van der Waals surface area (Å²) in [5, 5.41) is 2.92. The lowest BCUT2D eigenvalue weighted by Crippen LogP contribution is -2.23. The highest BCUT2D eigenvalue weighted by molar-refractivity contribution is 5.75. The molecule has 0 bridgehead atoms. The van der Waals surface area contributed by atoms with Crippen LogP contribution in [0.25, 0.3) is 0 Å². The van der Waals surface area contributed by atoms with Crippen molar-refractivity contribution in [3.63, 3.8) is 0 Å². The van der Waals surface area contributed by atoms with E-state index in [4.69, 9.17) is 10.5 Å². The van der Waals surface area contributed by atoms with Crippen molar-refractivity contribution in [1.29, 1.82) is 0 Å². The highest BCUT2D eigenvalue weighted by Gasteiger charge is 2.06. The second-order valence-electron chi connectivity index (χ2n) is 5.34. The number of amides is 1. The van der Waals surface area contributed by atoms with Gasteiger partial charge in [0.2, 0.25) is 5.91 Å². The summed E-state index contributed by atoms with van der Waals surface area (Å²) >= 11 is 0. The molecule has 0 aliphatic carbocycles. The lowest BCUT2D eigenvalue weighted by Gasteiger charge is -2.13. The van der Waals surface area contributed by atoms with Crippen LogP contribution in [-0.2, 0) is 11.3 Å². The third-order valence-electron chi connectivity index (χ3n) is 3.31. The van der Waals surface area contributed by atoms with E-state index in [1.165, 1.54) is 18.4 Å². The summed E-state index contributed by atoms with van der Waals surface area (Å²) in [4.78, 5) is 11.6. The maximum absolute atomic E-state index is 11.6. The highest BCUT2D eigenvalue weighted by Crippen LogP contribution is 2.20. The molecule has 1 amide bonds. The molecule has 0 spiro atoms.